The number of nitrogens with one attached hydrogen (secondary N) is 1. The van der Waals surface area contributed by atoms with Gasteiger partial charge in [0.05, 0.1) is 12.1 Å². The molecule has 100 valence electrons. The van der Waals surface area contributed by atoms with Gasteiger partial charge in [0.2, 0.25) is 0 Å². The molecule has 3 N–H and O–H groups in total. The number of rotatable bonds is 3. The summed E-state index contributed by atoms with van der Waals surface area (Å²) in [4.78, 5) is 15.7. The first-order chi connectivity index (χ1) is 8.65. The van der Waals surface area contributed by atoms with Gasteiger partial charge in [-0.25, -0.2) is 9.78 Å². The smallest absolute Gasteiger partial charge is 0.378 e. The average Bonchev–Trinajstić information content (AvgIpc) is 2.75. The molecule has 0 aliphatic heterocycles. The van der Waals surface area contributed by atoms with Crippen molar-refractivity contribution in [2.24, 2.45) is 5.73 Å². The molecule has 0 radical (unpaired) electrons. The van der Waals surface area contributed by atoms with Gasteiger partial charge < -0.3 is 10.5 Å². The highest BCUT2D eigenvalue weighted by Crippen LogP contribution is 2.31. The van der Waals surface area contributed by atoms with Crippen molar-refractivity contribution >= 4 is 5.97 Å². The van der Waals surface area contributed by atoms with Crippen molar-refractivity contribution in [3.8, 4) is 0 Å². The fourth-order valence-corrected chi connectivity index (χ4v) is 2.37. The normalized spacial score (nSPS) is 19.2. The zero-order chi connectivity index (χ0) is 13.0. The Kier molecular flexibility index (Phi) is 3.96. The van der Waals surface area contributed by atoms with Crippen LogP contribution in [0.2, 0.25) is 0 Å². The van der Waals surface area contributed by atoms with Gasteiger partial charge in [-0.3, -0.25) is 5.10 Å². The standard InChI is InChI=1S/C12H20N4O2/c1-2-18-10(17)9-14-11(16-15-9)12(13)7-5-3-4-6-8-12/h2-8,13H2,1H3,(H,14,15,16). The van der Waals surface area contributed by atoms with Gasteiger partial charge in [-0.15, -0.1) is 5.10 Å². The molecule has 1 aromatic rings. The molecule has 0 amide bonds. The summed E-state index contributed by atoms with van der Waals surface area (Å²) in [5, 5.41) is 6.69. The van der Waals surface area contributed by atoms with Gasteiger partial charge in [0.15, 0.2) is 0 Å². The third kappa shape index (κ3) is 2.69. The Hall–Kier alpha value is -1.43. The Labute approximate surface area is 106 Å². The molecule has 6 nitrogen and oxygen atoms in total. The van der Waals surface area contributed by atoms with Gasteiger partial charge in [0.25, 0.3) is 5.82 Å². The predicted octanol–water partition coefficient (Wildman–Crippen LogP) is 1.49. The summed E-state index contributed by atoms with van der Waals surface area (Å²) in [7, 11) is 0. The van der Waals surface area contributed by atoms with Crippen molar-refractivity contribution < 1.29 is 9.53 Å². The lowest BCUT2D eigenvalue weighted by molar-refractivity contribution is 0.0512. The van der Waals surface area contributed by atoms with Crippen molar-refractivity contribution in [3.05, 3.63) is 11.6 Å². The molecular weight excluding hydrogens is 232 g/mol. The van der Waals surface area contributed by atoms with Crippen molar-refractivity contribution in [1.29, 1.82) is 0 Å². The number of carbonyl (C=O) groups excluding carboxylic acids is 1. The van der Waals surface area contributed by atoms with Crippen molar-refractivity contribution in [1.82, 2.24) is 15.2 Å². The van der Waals surface area contributed by atoms with Crippen LogP contribution in [-0.4, -0.2) is 27.8 Å². The van der Waals surface area contributed by atoms with Crippen molar-refractivity contribution in [2.45, 2.75) is 51.0 Å². The number of H-pyrrole nitrogens is 1. The largest absolute Gasteiger partial charge is 0.460 e. The van der Waals surface area contributed by atoms with Crippen LogP contribution in [0.15, 0.2) is 0 Å². The molecule has 0 unspecified atom stereocenters. The van der Waals surface area contributed by atoms with Crippen LogP contribution in [0, 0.1) is 0 Å². The van der Waals surface area contributed by atoms with Crippen LogP contribution in [0.4, 0.5) is 0 Å². The SMILES string of the molecule is CCOC(=O)c1n[nH]c(C2(N)CCCCCC2)n1. The second-order valence-corrected chi connectivity index (χ2v) is 4.80. The van der Waals surface area contributed by atoms with Gasteiger partial charge in [-0.05, 0) is 19.8 Å². The lowest BCUT2D eigenvalue weighted by Gasteiger charge is -2.24. The molecule has 1 fully saturated rings. The van der Waals surface area contributed by atoms with Crippen LogP contribution < -0.4 is 5.73 Å². The molecule has 1 aliphatic carbocycles. The lowest BCUT2D eigenvalue weighted by atomic mass is 9.91. The Bertz CT molecular complexity index is 408. The Morgan fingerprint density at radius 2 is 2.06 bits per heavy atom. The van der Waals surface area contributed by atoms with Crippen LogP contribution in [0.5, 0.6) is 0 Å². The summed E-state index contributed by atoms with van der Waals surface area (Å²) in [6.45, 7) is 2.07. The molecule has 2 rings (SSSR count). The van der Waals surface area contributed by atoms with Crippen LogP contribution in [0.25, 0.3) is 0 Å². The Morgan fingerprint density at radius 1 is 1.39 bits per heavy atom. The van der Waals surface area contributed by atoms with Crippen LogP contribution in [0.3, 0.4) is 0 Å². The lowest BCUT2D eigenvalue weighted by Crippen LogP contribution is -2.37. The molecule has 0 atom stereocenters. The highest BCUT2D eigenvalue weighted by molar-refractivity contribution is 5.84. The van der Waals surface area contributed by atoms with E-state index >= 15 is 0 Å². The summed E-state index contributed by atoms with van der Waals surface area (Å²) in [5.74, 6) is 0.172. The van der Waals surface area contributed by atoms with Gasteiger partial charge in [-0.1, -0.05) is 25.7 Å². The van der Waals surface area contributed by atoms with Gasteiger partial charge in [0, 0.05) is 0 Å². The van der Waals surface area contributed by atoms with Crippen molar-refractivity contribution in [2.75, 3.05) is 6.61 Å². The second kappa shape index (κ2) is 5.48. The van der Waals surface area contributed by atoms with Crippen LogP contribution >= 0.6 is 0 Å². The zero-order valence-electron chi connectivity index (χ0n) is 10.7. The van der Waals surface area contributed by atoms with Crippen molar-refractivity contribution in [3.63, 3.8) is 0 Å². The molecule has 1 heterocycles. The highest BCUT2D eigenvalue weighted by Gasteiger charge is 2.32. The maximum atomic E-state index is 11.5. The number of ether oxygens (including phenoxy) is 1. The van der Waals surface area contributed by atoms with E-state index in [4.69, 9.17) is 10.5 Å². The monoisotopic (exact) mass is 252 g/mol. The molecule has 1 aliphatic rings. The van der Waals surface area contributed by atoms with E-state index in [1.165, 1.54) is 12.8 Å². The zero-order valence-corrected chi connectivity index (χ0v) is 10.7. The minimum atomic E-state index is -0.503. The summed E-state index contributed by atoms with van der Waals surface area (Å²) in [6, 6.07) is 0. The van der Waals surface area contributed by atoms with E-state index in [1.807, 2.05) is 0 Å². The van der Waals surface area contributed by atoms with E-state index in [0.29, 0.717) is 12.4 Å². The number of esters is 1. The van der Waals surface area contributed by atoms with E-state index in [1.54, 1.807) is 6.92 Å². The molecule has 18 heavy (non-hydrogen) atoms. The minimum absolute atomic E-state index is 0.0703. The predicted molar refractivity (Wildman–Crippen MR) is 65.9 cm³/mol. The number of nitrogens with two attached hydrogens (primary N) is 1. The Balaban J connectivity index is 2.15. The van der Waals surface area contributed by atoms with E-state index in [2.05, 4.69) is 15.2 Å². The van der Waals surface area contributed by atoms with E-state index < -0.39 is 11.5 Å². The Morgan fingerprint density at radius 3 is 2.67 bits per heavy atom. The molecule has 0 aromatic carbocycles. The third-order valence-corrected chi connectivity index (χ3v) is 3.41. The number of aromatic amines is 1. The number of hydrogen-bond acceptors (Lipinski definition) is 5. The maximum absolute atomic E-state index is 11.5. The molecule has 0 saturated heterocycles. The molecular formula is C12H20N4O2. The number of hydrogen-bond donors (Lipinski definition) is 2. The maximum Gasteiger partial charge on any atom is 0.378 e. The summed E-state index contributed by atoms with van der Waals surface area (Å²) in [6.07, 6.45) is 6.35. The highest BCUT2D eigenvalue weighted by atomic mass is 16.5. The fraction of sp³-hybridized carbons (Fsp3) is 0.750. The van der Waals surface area contributed by atoms with Gasteiger partial charge in [0.1, 0.15) is 5.82 Å². The molecule has 1 saturated carbocycles. The number of carbonyl (C=O) groups is 1. The first kappa shape index (κ1) is 13.0. The summed E-state index contributed by atoms with van der Waals surface area (Å²) >= 11 is 0. The number of nitrogens with zero attached hydrogens (tertiary/aromatic N) is 2. The second-order valence-electron chi connectivity index (χ2n) is 4.80. The van der Waals surface area contributed by atoms with Crippen LogP contribution in [-0.2, 0) is 10.3 Å². The first-order valence-electron chi connectivity index (χ1n) is 6.54. The first-order valence-corrected chi connectivity index (χ1v) is 6.54. The third-order valence-electron chi connectivity index (χ3n) is 3.41. The van der Waals surface area contributed by atoms with E-state index in [-0.39, 0.29) is 5.82 Å². The molecule has 0 bridgehead atoms. The van der Waals surface area contributed by atoms with Crippen LogP contribution in [0.1, 0.15) is 61.9 Å². The molecule has 0 spiro atoms. The summed E-state index contributed by atoms with van der Waals surface area (Å²) < 4.78 is 4.86. The minimum Gasteiger partial charge on any atom is -0.460 e. The summed E-state index contributed by atoms with van der Waals surface area (Å²) in [5.41, 5.74) is 5.90. The van der Waals surface area contributed by atoms with Gasteiger partial charge >= 0.3 is 5.97 Å². The van der Waals surface area contributed by atoms with E-state index in [9.17, 15) is 4.79 Å². The molecule has 6 heteroatoms. The quantitative estimate of drug-likeness (QED) is 0.628. The van der Waals surface area contributed by atoms with Gasteiger partial charge in [-0.2, -0.15) is 0 Å². The van der Waals surface area contributed by atoms with E-state index in [0.717, 1.165) is 25.7 Å². The number of aromatic nitrogens is 3. The topological polar surface area (TPSA) is 93.9 Å². The molecule has 1 aromatic heterocycles. The fourth-order valence-electron chi connectivity index (χ4n) is 2.37. The average molecular weight is 252 g/mol.